The van der Waals surface area contributed by atoms with Crippen LogP contribution in [-0.2, 0) is 0 Å². The molecular weight excluding hydrogens is 513 g/mol. The molecule has 1 fully saturated rings. The standard InChI is InChI=1S/C27H23F3N6OS/c1-18(2)23-5-3-4-6-24(23)35-17-38-26(35)33-32-15-19-7-9-20(10-8-19)25-31-16-36(34-25)21-11-13-22(14-12-21)37-27(28,29)30/h3-16,18H,17H2,1-2H3/b32-15+,33-26-. The van der Waals surface area contributed by atoms with Crippen LogP contribution in [0.3, 0.4) is 0 Å². The minimum atomic E-state index is -4.73. The molecule has 2 heterocycles. The lowest BCUT2D eigenvalue weighted by Gasteiger charge is -2.34. The molecule has 0 aliphatic carbocycles. The monoisotopic (exact) mass is 536 g/mol. The number of halogens is 3. The molecule has 0 radical (unpaired) electrons. The first-order chi connectivity index (χ1) is 18.3. The van der Waals surface area contributed by atoms with Crippen molar-refractivity contribution in [2.24, 2.45) is 10.2 Å². The van der Waals surface area contributed by atoms with Crippen LogP contribution in [0.15, 0.2) is 89.3 Å². The van der Waals surface area contributed by atoms with Crippen molar-refractivity contribution in [3.8, 4) is 22.8 Å². The van der Waals surface area contributed by atoms with Crippen LogP contribution in [0.2, 0.25) is 0 Å². The number of benzene rings is 3. The van der Waals surface area contributed by atoms with Crippen molar-refractivity contribution in [2.45, 2.75) is 26.1 Å². The molecule has 1 aliphatic heterocycles. The van der Waals surface area contributed by atoms with Crippen LogP contribution in [0, 0.1) is 0 Å². The Morgan fingerprint density at radius 1 is 1.00 bits per heavy atom. The van der Waals surface area contributed by atoms with Gasteiger partial charge in [0.15, 0.2) is 11.0 Å². The summed E-state index contributed by atoms with van der Waals surface area (Å²) in [4.78, 5) is 6.48. The van der Waals surface area contributed by atoms with Crippen LogP contribution < -0.4 is 9.64 Å². The van der Waals surface area contributed by atoms with Crippen molar-refractivity contribution in [1.82, 2.24) is 14.8 Å². The van der Waals surface area contributed by atoms with E-state index in [-0.39, 0.29) is 5.75 Å². The number of alkyl halides is 3. The molecule has 0 atom stereocenters. The summed E-state index contributed by atoms with van der Waals surface area (Å²) in [7, 11) is 0. The molecule has 4 aromatic rings. The summed E-state index contributed by atoms with van der Waals surface area (Å²) in [5, 5.41) is 14.0. The van der Waals surface area contributed by atoms with Crippen LogP contribution in [0.4, 0.5) is 18.9 Å². The summed E-state index contributed by atoms with van der Waals surface area (Å²) in [6.07, 6.45) is -1.54. The molecule has 11 heteroatoms. The van der Waals surface area contributed by atoms with Gasteiger partial charge < -0.3 is 9.64 Å². The summed E-state index contributed by atoms with van der Waals surface area (Å²) in [5.41, 5.74) is 4.66. The smallest absolute Gasteiger partial charge is 0.406 e. The third-order valence-electron chi connectivity index (χ3n) is 5.75. The average molecular weight is 537 g/mol. The largest absolute Gasteiger partial charge is 0.573 e. The van der Waals surface area contributed by atoms with Gasteiger partial charge in [-0.3, -0.25) is 0 Å². The molecule has 0 saturated carbocycles. The highest BCUT2D eigenvalue weighted by atomic mass is 32.2. The van der Waals surface area contributed by atoms with E-state index in [1.165, 1.54) is 40.8 Å². The van der Waals surface area contributed by atoms with E-state index in [1.807, 2.05) is 30.3 Å². The molecule has 0 N–H and O–H groups in total. The van der Waals surface area contributed by atoms with Crippen molar-refractivity contribution < 1.29 is 17.9 Å². The zero-order chi connectivity index (χ0) is 26.7. The molecule has 7 nitrogen and oxygen atoms in total. The van der Waals surface area contributed by atoms with E-state index in [9.17, 15) is 13.2 Å². The topological polar surface area (TPSA) is 67.9 Å². The van der Waals surface area contributed by atoms with Gasteiger partial charge in [0, 0.05) is 11.3 Å². The van der Waals surface area contributed by atoms with Crippen LogP contribution in [0.25, 0.3) is 17.1 Å². The van der Waals surface area contributed by atoms with Crippen molar-refractivity contribution in [1.29, 1.82) is 0 Å². The third kappa shape index (κ3) is 5.88. The van der Waals surface area contributed by atoms with E-state index < -0.39 is 6.36 Å². The van der Waals surface area contributed by atoms with Crippen molar-refractivity contribution in [3.05, 3.63) is 90.3 Å². The molecule has 1 aromatic heterocycles. The Labute approximate surface area is 221 Å². The number of nitrogens with zero attached hydrogens (tertiary/aromatic N) is 6. The normalized spacial score (nSPS) is 14.9. The second kappa shape index (κ2) is 10.7. The number of amidine groups is 1. The second-order valence-corrected chi connectivity index (χ2v) is 9.63. The van der Waals surface area contributed by atoms with E-state index in [4.69, 9.17) is 0 Å². The number of anilines is 1. The Morgan fingerprint density at radius 3 is 2.39 bits per heavy atom. The number of ether oxygens (including phenoxy) is 1. The number of hydrogen-bond donors (Lipinski definition) is 0. The van der Waals surface area contributed by atoms with Gasteiger partial charge in [0.25, 0.3) is 0 Å². The Kier molecular flexibility index (Phi) is 7.19. The predicted molar refractivity (Wildman–Crippen MR) is 144 cm³/mol. The van der Waals surface area contributed by atoms with Gasteiger partial charge in [-0.1, -0.05) is 68.1 Å². The van der Waals surface area contributed by atoms with Gasteiger partial charge >= 0.3 is 6.36 Å². The van der Waals surface area contributed by atoms with Gasteiger partial charge in [0.2, 0.25) is 0 Å². The Hall–Kier alpha value is -4.12. The summed E-state index contributed by atoms with van der Waals surface area (Å²) >= 11 is 1.65. The highest BCUT2D eigenvalue weighted by Gasteiger charge is 2.31. The van der Waals surface area contributed by atoms with E-state index in [2.05, 4.69) is 62.0 Å². The number of thioether (sulfide) groups is 1. The van der Waals surface area contributed by atoms with Crippen LogP contribution in [-0.4, -0.2) is 38.4 Å². The van der Waals surface area contributed by atoms with E-state index in [1.54, 1.807) is 18.0 Å². The molecular formula is C27H23F3N6OS. The Bertz CT molecular complexity index is 1460. The fourth-order valence-electron chi connectivity index (χ4n) is 3.85. The quantitative estimate of drug-likeness (QED) is 0.191. The molecule has 0 unspecified atom stereocenters. The third-order valence-corrected chi connectivity index (χ3v) is 6.70. The molecule has 0 amide bonds. The van der Waals surface area contributed by atoms with Crippen LogP contribution in [0.1, 0.15) is 30.9 Å². The van der Waals surface area contributed by atoms with Crippen LogP contribution in [0.5, 0.6) is 5.75 Å². The summed E-state index contributed by atoms with van der Waals surface area (Å²) in [5.74, 6) is 1.44. The SMILES string of the molecule is CC(C)c1ccccc1N1CS/C1=N\N=C\c1ccc(-c2ncn(-c3ccc(OC(F)(F)F)cc3)n2)cc1. The zero-order valence-electron chi connectivity index (χ0n) is 20.5. The van der Waals surface area contributed by atoms with Crippen molar-refractivity contribution >= 4 is 28.8 Å². The number of aromatic nitrogens is 3. The lowest BCUT2D eigenvalue weighted by Crippen LogP contribution is -2.39. The van der Waals surface area contributed by atoms with Gasteiger partial charge in [0.1, 0.15) is 12.1 Å². The maximum Gasteiger partial charge on any atom is 0.573 e. The molecule has 1 aliphatic rings. The second-order valence-electron chi connectivity index (χ2n) is 8.72. The maximum absolute atomic E-state index is 12.4. The molecule has 194 valence electrons. The Balaban J connectivity index is 1.23. The first-order valence-electron chi connectivity index (χ1n) is 11.8. The first kappa shape index (κ1) is 25.5. The highest BCUT2D eigenvalue weighted by molar-refractivity contribution is 8.16. The number of para-hydroxylation sites is 1. The zero-order valence-corrected chi connectivity index (χ0v) is 21.3. The van der Waals surface area contributed by atoms with E-state index in [0.717, 1.165) is 27.9 Å². The predicted octanol–water partition coefficient (Wildman–Crippen LogP) is 6.86. The van der Waals surface area contributed by atoms with Gasteiger partial charge in [-0.2, -0.15) is 5.10 Å². The number of rotatable bonds is 7. The minimum absolute atomic E-state index is 0.298. The fraction of sp³-hybridized carbons (Fsp3) is 0.185. The van der Waals surface area contributed by atoms with Crippen LogP contribution >= 0.6 is 11.8 Å². The van der Waals surface area contributed by atoms with Gasteiger partial charge in [-0.25, -0.2) is 9.67 Å². The van der Waals surface area contributed by atoms with Crippen molar-refractivity contribution in [2.75, 3.05) is 10.8 Å². The summed E-state index contributed by atoms with van der Waals surface area (Å²) < 4.78 is 42.5. The number of hydrogen-bond acceptors (Lipinski definition) is 6. The van der Waals surface area contributed by atoms with E-state index >= 15 is 0 Å². The molecule has 3 aromatic carbocycles. The van der Waals surface area contributed by atoms with E-state index in [0.29, 0.717) is 17.4 Å². The average Bonchev–Trinajstić information content (AvgIpc) is 3.36. The van der Waals surface area contributed by atoms with Gasteiger partial charge in [0.05, 0.1) is 17.8 Å². The molecule has 0 spiro atoms. The highest BCUT2D eigenvalue weighted by Crippen LogP contribution is 2.35. The fourth-order valence-corrected chi connectivity index (χ4v) is 4.56. The van der Waals surface area contributed by atoms with Gasteiger partial charge in [-0.15, -0.1) is 23.4 Å². The molecule has 5 rings (SSSR count). The summed E-state index contributed by atoms with van der Waals surface area (Å²) in [6.45, 7) is 4.36. The maximum atomic E-state index is 12.4. The Morgan fingerprint density at radius 2 is 1.74 bits per heavy atom. The molecule has 1 saturated heterocycles. The van der Waals surface area contributed by atoms with Crippen molar-refractivity contribution in [3.63, 3.8) is 0 Å². The molecule has 38 heavy (non-hydrogen) atoms. The minimum Gasteiger partial charge on any atom is -0.406 e. The lowest BCUT2D eigenvalue weighted by atomic mass is 10.0. The first-order valence-corrected chi connectivity index (χ1v) is 12.7. The molecule has 0 bridgehead atoms. The lowest BCUT2D eigenvalue weighted by molar-refractivity contribution is -0.274. The summed E-state index contributed by atoms with van der Waals surface area (Å²) in [6, 6.07) is 21.3. The van der Waals surface area contributed by atoms with Gasteiger partial charge in [-0.05, 0) is 47.4 Å².